The van der Waals surface area contributed by atoms with Gasteiger partial charge in [-0.2, -0.15) is 0 Å². The minimum Gasteiger partial charge on any atom is -0.316 e. The van der Waals surface area contributed by atoms with Crippen LogP contribution >= 0.6 is 0 Å². The van der Waals surface area contributed by atoms with E-state index in [1.807, 2.05) is 0 Å². The van der Waals surface area contributed by atoms with E-state index in [0.717, 1.165) is 5.92 Å². The van der Waals surface area contributed by atoms with Gasteiger partial charge in [-0.15, -0.1) is 0 Å². The summed E-state index contributed by atoms with van der Waals surface area (Å²) in [7, 11) is 2.10. The summed E-state index contributed by atoms with van der Waals surface area (Å²) in [4.78, 5) is 0. The van der Waals surface area contributed by atoms with Gasteiger partial charge < -0.3 is 10.6 Å². The highest BCUT2D eigenvalue weighted by atomic mass is 15.0. The standard InChI is InChI=1S/C8H16N2/c1-9-8(3-4-8)7-2-5-10-6-7/h7,9-10H,2-6H2,1H3/t7-/m1/s1. The second-order valence-electron chi connectivity index (χ2n) is 3.60. The lowest BCUT2D eigenvalue weighted by Gasteiger charge is -2.20. The molecule has 0 spiro atoms. The molecule has 1 aliphatic carbocycles. The monoisotopic (exact) mass is 140 g/mol. The first kappa shape index (κ1) is 6.62. The van der Waals surface area contributed by atoms with Gasteiger partial charge in [-0.3, -0.25) is 0 Å². The van der Waals surface area contributed by atoms with Crippen LogP contribution in [0.5, 0.6) is 0 Å². The van der Waals surface area contributed by atoms with E-state index in [1.165, 1.54) is 32.4 Å². The van der Waals surface area contributed by atoms with Crippen LogP contribution in [0.3, 0.4) is 0 Å². The smallest absolute Gasteiger partial charge is 0.0220 e. The van der Waals surface area contributed by atoms with E-state index in [2.05, 4.69) is 17.7 Å². The van der Waals surface area contributed by atoms with Crippen molar-refractivity contribution in [1.82, 2.24) is 10.6 Å². The second-order valence-corrected chi connectivity index (χ2v) is 3.60. The van der Waals surface area contributed by atoms with Gasteiger partial charge >= 0.3 is 0 Å². The Labute approximate surface area is 62.4 Å². The first-order chi connectivity index (χ1) is 4.87. The fourth-order valence-electron chi connectivity index (χ4n) is 2.12. The molecule has 1 heterocycles. The van der Waals surface area contributed by atoms with Crippen molar-refractivity contribution in [3.05, 3.63) is 0 Å². The predicted molar refractivity (Wildman–Crippen MR) is 42.0 cm³/mol. The molecule has 0 aromatic rings. The van der Waals surface area contributed by atoms with Crippen LogP contribution in [-0.4, -0.2) is 25.7 Å². The largest absolute Gasteiger partial charge is 0.316 e. The van der Waals surface area contributed by atoms with Crippen LogP contribution in [0.15, 0.2) is 0 Å². The van der Waals surface area contributed by atoms with E-state index in [4.69, 9.17) is 0 Å². The van der Waals surface area contributed by atoms with Crippen molar-refractivity contribution < 1.29 is 0 Å². The maximum Gasteiger partial charge on any atom is 0.0220 e. The maximum atomic E-state index is 3.45. The van der Waals surface area contributed by atoms with E-state index in [9.17, 15) is 0 Å². The van der Waals surface area contributed by atoms with Crippen LogP contribution in [0.4, 0.5) is 0 Å². The van der Waals surface area contributed by atoms with E-state index >= 15 is 0 Å². The number of nitrogens with one attached hydrogen (secondary N) is 2. The van der Waals surface area contributed by atoms with Gasteiger partial charge in [0.1, 0.15) is 0 Å². The van der Waals surface area contributed by atoms with Gasteiger partial charge in [-0.05, 0) is 45.3 Å². The van der Waals surface area contributed by atoms with Gasteiger partial charge in [0.15, 0.2) is 0 Å². The van der Waals surface area contributed by atoms with Crippen molar-refractivity contribution >= 4 is 0 Å². The lowest BCUT2D eigenvalue weighted by molar-refractivity contribution is 0.378. The van der Waals surface area contributed by atoms with E-state index in [0.29, 0.717) is 5.54 Å². The summed E-state index contributed by atoms with van der Waals surface area (Å²) in [5.74, 6) is 0.914. The number of hydrogen-bond acceptors (Lipinski definition) is 2. The molecule has 2 N–H and O–H groups in total. The molecule has 0 bridgehead atoms. The zero-order valence-corrected chi connectivity index (χ0v) is 6.61. The van der Waals surface area contributed by atoms with Crippen molar-refractivity contribution in [2.24, 2.45) is 5.92 Å². The molecule has 1 saturated carbocycles. The summed E-state index contributed by atoms with van der Waals surface area (Å²) in [6, 6.07) is 0. The fourth-order valence-corrected chi connectivity index (χ4v) is 2.12. The summed E-state index contributed by atoms with van der Waals surface area (Å²) in [6.45, 7) is 2.47. The Morgan fingerprint density at radius 2 is 2.30 bits per heavy atom. The van der Waals surface area contributed by atoms with Gasteiger partial charge in [-0.25, -0.2) is 0 Å². The normalized spacial score (nSPS) is 36.3. The van der Waals surface area contributed by atoms with Crippen LogP contribution in [0, 0.1) is 5.92 Å². The average Bonchev–Trinajstić information content (AvgIpc) is 2.58. The van der Waals surface area contributed by atoms with Crippen LogP contribution in [0.25, 0.3) is 0 Å². The minimum atomic E-state index is 0.559. The zero-order valence-electron chi connectivity index (χ0n) is 6.61. The van der Waals surface area contributed by atoms with E-state index in [-0.39, 0.29) is 0 Å². The number of rotatable bonds is 2. The lowest BCUT2D eigenvalue weighted by atomic mass is 9.97. The van der Waals surface area contributed by atoms with Gasteiger partial charge in [0.2, 0.25) is 0 Å². The molecule has 0 radical (unpaired) electrons. The molecular weight excluding hydrogens is 124 g/mol. The summed E-state index contributed by atoms with van der Waals surface area (Å²) in [5, 5.41) is 6.87. The molecule has 2 rings (SSSR count). The third-order valence-corrected chi connectivity index (χ3v) is 3.13. The highest BCUT2D eigenvalue weighted by Crippen LogP contribution is 2.44. The molecule has 1 saturated heterocycles. The first-order valence-electron chi connectivity index (χ1n) is 4.27. The molecule has 2 fully saturated rings. The Kier molecular flexibility index (Phi) is 1.46. The molecule has 0 aromatic heterocycles. The first-order valence-corrected chi connectivity index (χ1v) is 4.27. The SMILES string of the molecule is CNC1([C@@H]2CCNC2)CC1. The number of hydrogen-bond donors (Lipinski definition) is 2. The molecule has 2 nitrogen and oxygen atoms in total. The van der Waals surface area contributed by atoms with Crippen molar-refractivity contribution in [3.8, 4) is 0 Å². The Hall–Kier alpha value is -0.0800. The van der Waals surface area contributed by atoms with Crippen LogP contribution in [0.2, 0.25) is 0 Å². The molecular formula is C8H16N2. The fraction of sp³-hybridized carbons (Fsp3) is 1.00. The van der Waals surface area contributed by atoms with E-state index in [1.54, 1.807) is 0 Å². The maximum absolute atomic E-state index is 3.45. The molecule has 10 heavy (non-hydrogen) atoms. The molecule has 2 aliphatic rings. The van der Waals surface area contributed by atoms with Crippen molar-refractivity contribution in [3.63, 3.8) is 0 Å². The Morgan fingerprint density at radius 1 is 1.50 bits per heavy atom. The predicted octanol–water partition coefficient (Wildman–Crippen LogP) is 0.348. The summed E-state index contributed by atoms with van der Waals surface area (Å²) >= 11 is 0. The third kappa shape index (κ3) is 0.867. The summed E-state index contributed by atoms with van der Waals surface area (Å²) in [6.07, 6.45) is 4.17. The lowest BCUT2D eigenvalue weighted by Crippen LogP contribution is -2.37. The molecule has 2 heteroatoms. The topological polar surface area (TPSA) is 24.1 Å². The van der Waals surface area contributed by atoms with Crippen LogP contribution < -0.4 is 10.6 Å². The molecule has 58 valence electrons. The van der Waals surface area contributed by atoms with Crippen molar-refractivity contribution in [2.45, 2.75) is 24.8 Å². The molecule has 0 amide bonds. The molecule has 0 unspecified atom stereocenters. The molecule has 1 atom stereocenters. The molecule has 0 aromatic carbocycles. The Morgan fingerprint density at radius 3 is 2.70 bits per heavy atom. The van der Waals surface area contributed by atoms with Crippen molar-refractivity contribution in [2.75, 3.05) is 20.1 Å². The van der Waals surface area contributed by atoms with Crippen molar-refractivity contribution in [1.29, 1.82) is 0 Å². The van der Waals surface area contributed by atoms with Crippen LogP contribution in [-0.2, 0) is 0 Å². The quantitative estimate of drug-likeness (QED) is 0.578. The van der Waals surface area contributed by atoms with Crippen LogP contribution in [0.1, 0.15) is 19.3 Å². The van der Waals surface area contributed by atoms with Gasteiger partial charge in [0, 0.05) is 5.54 Å². The average molecular weight is 140 g/mol. The van der Waals surface area contributed by atoms with E-state index < -0.39 is 0 Å². The summed E-state index contributed by atoms with van der Waals surface area (Å²) < 4.78 is 0. The Bertz CT molecular complexity index is 123. The second kappa shape index (κ2) is 2.21. The zero-order chi connectivity index (χ0) is 7.03. The third-order valence-electron chi connectivity index (χ3n) is 3.13. The minimum absolute atomic E-state index is 0.559. The highest BCUT2D eigenvalue weighted by Gasteiger charge is 2.48. The van der Waals surface area contributed by atoms with Gasteiger partial charge in [0.25, 0.3) is 0 Å². The van der Waals surface area contributed by atoms with Gasteiger partial charge in [0.05, 0.1) is 0 Å². The Balaban J connectivity index is 1.96. The molecule has 1 aliphatic heterocycles. The van der Waals surface area contributed by atoms with Gasteiger partial charge in [-0.1, -0.05) is 0 Å². The highest BCUT2D eigenvalue weighted by molar-refractivity contribution is 5.07. The summed E-state index contributed by atoms with van der Waals surface area (Å²) in [5.41, 5.74) is 0.559.